The Bertz CT molecular complexity index is 445. The number of rotatable bonds is 4. The largest absolute Gasteiger partial charge is 0.476 e. The number of thioether (sulfide) groups is 1. The molecule has 0 bridgehead atoms. The summed E-state index contributed by atoms with van der Waals surface area (Å²) in [4.78, 5) is 19.6. The molecule has 2 heterocycles. The molecule has 1 saturated heterocycles. The van der Waals surface area contributed by atoms with Crippen molar-refractivity contribution in [3.8, 4) is 0 Å². The number of anilines is 1. The highest BCUT2D eigenvalue weighted by Crippen LogP contribution is 2.23. The van der Waals surface area contributed by atoms with E-state index in [1.807, 2.05) is 25.6 Å². The van der Waals surface area contributed by atoms with Crippen LogP contribution in [0.1, 0.15) is 42.5 Å². The van der Waals surface area contributed by atoms with Crippen molar-refractivity contribution < 1.29 is 9.90 Å². The van der Waals surface area contributed by atoms with Crippen LogP contribution in [0.25, 0.3) is 0 Å². The zero-order valence-corrected chi connectivity index (χ0v) is 11.3. The number of hydrogen-bond acceptors (Lipinski definition) is 5. The zero-order chi connectivity index (χ0) is 13.1. The number of carboxylic acids is 1. The third-order valence-electron chi connectivity index (χ3n) is 2.82. The molecule has 6 heteroatoms. The van der Waals surface area contributed by atoms with E-state index in [0.717, 1.165) is 17.9 Å². The van der Waals surface area contributed by atoms with Crippen LogP contribution in [0.3, 0.4) is 0 Å². The molecule has 1 aromatic rings. The topological polar surface area (TPSA) is 75.1 Å². The number of aromatic nitrogens is 2. The van der Waals surface area contributed by atoms with Crippen LogP contribution in [0.5, 0.6) is 0 Å². The molecule has 0 amide bonds. The molecule has 2 N–H and O–H groups in total. The highest BCUT2D eigenvalue weighted by atomic mass is 32.2. The van der Waals surface area contributed by atoms with Crippen LogP contribution < -0.4 is 5.32 Å². The maximum Gasteiger partial charge on any atom is 0.356 e. The first kappa shape index (κ1) is 13.1. The number of nitrogens with zero attached hydrogens (tertiary/aromatic N) is 2. The Kier molecular flexibility index (Phi) is 4.06. The Labute approximate surface area is 110 Å². The van der Waals surface area contributed by atoms with Gasteiger partial charge in [0.25, 0.3) is 0 Å². The number of carboxylic acid groups (broad SMARTS) is 1. The van der Waals surface area contributed by atoms with Gasteiger partial charge in [0.2, 0.25) is 0 Å². The lowest BCUT2D eigenvalue weighted by Crippen LogP contribution is -2.21. The molecule has 1 aliphatic rings. The summed E-state index contributed by atoms with van der Waals surface area (Å²) in [7, 11) is 0. The normalized spacial score (nSPS) is 19.2. The minimum absolute atomic E-state index is 0.0746. The van der Waals surface area contributed by atoms with E-state index in [2.05, 4.69) is 15.3 Å². The van der Waals surface area contributed by atoms with Gasteiger partial charge in [0.15, 0.2) is 5.69 Å². The zero-order valence-electron chi connectivity index (χ0n) is 10.5. The molecule has 1 fully saturated rings. The Hall–Kier alpha value is -1.30. The fourth-order valence-corrected chi connectivity index (χ4v) is 2.96. The number of hydrogen-bond donors (Lipinski definition) is 2. The Morgan fingerprint density at radius 3 is 2.94 bits per heavy atom. The Morgan fingerprint density at radius 2 is 2.39 bits per heavy atom. The van der Waals surface area contributed by atoms with Crippen LogP contribution >= 0.6 is 11.8 Å². The first-order valence-corrected chi connectivity index (χ1v) is 7.18. The molecular weight excluding hydrogens is 250 g/mol. The van der Waals surface area contributed by atoms with Crippen molar-refractivity contribution in [3.05, 3.63) is 17.7 Å². The standard InChI is InChI=1S/C12H17N3O2S/c1-7(2)11-13-5-9(10(15-11)12(16)17)14-8-3-4-18-6-8/h5,7-8,14H,3-4,6H2,1-2H3,(H,16,17). The van der Waals surface area contributed by atoms with Gasteiger partial charge in [-0.1, -0.05) is 13.8 Å². The monoisotopic (exact) mass is 267 g/mol. The van der Waals surface area contributed by atoms with Crippen molar-refractivity contribution >= 4 is 23.4 Å². The van der Waals surface area contributed by atoms with Gasteiger partial charge in [-0.05, 0) is 12.2 Å². The highest BCUT2D eigenvalue weighted by Gasteiger charge is 2.20. The first-order chi connectivity index (χ1) is 8.58. The second-order valence-electron chi connectivity index (χ2n) is 4.66. The van der Waals surface area contributed by atoms with Crippen molar-refractivity contribution in [2.75, 3.05) is 16.8 Å². The molecule has 0 aliphatic carbocycles. The van der Waals surface area contributed by atoms with E-state index in [0.29, 0.717) is 17.6 Å². The summed E-state index contributed by atoms with van der Waals surface area (Å²) in [5.74, 6) is 1.81. The quantitative estimate of drug-likeness (QED) is 0.871. The summed E-state index contributed by atoms with van der Waals surface area (Å²) in [5, 5.41) is 12.4. The summed E-state index contributed by atoms with van der Waals surface area (Å²) < 4.78 is 0. The van der Waals surface area contributed by atoms with Gasteiger partial charge in [-0.15, -0.1) is 0 Å². The molecule has 5 nitrogen and oxygen atoms in total. The lowest BCUT2D eigenvalue weighted by atomic mass is 10.2. The van der Waals surface area contributed by atoms with Gasteiger partial charge in [-0.25, -0.2) is 14.8 Å². The van der Waals surface area contributed by atoms with Crippen LogP contribution in [-0.4, -0.2) is 38.6 Å². The number of carbonyl (C=O) groups is 1. The molecule has 0 saturated carbocycles. The third kappa shape index (κ3) is 2.93. The van der Waals surface area contributed by atoms with Crippen LogP contribution in [0.2, 0.25) is 0 Å². The van der Waals surface area contributed by atoms with Crippen molar-refractivity contribution in [1.29, 1.82) is 0 Å². The predicted molar refractivity (Wildman–Crippen MR) is 72.4 cm³/mol. The average molecular weight is 267 g/mol. The Balaban J connectivity index is 2.25. The molecule has 18 heavy (non-hydrogen) atoms. The molecule has 0 spiro atoms. The summed E-state index contributed by atoms with van der Waals surface area (Å²) >= 11 is 1.87. The van der Waals surface area contributed by atoms with E-state index in [-0.39, 0.29) is 11.6 Å². The Morgan fingerprint density at radius 1 is 1.61 bits per heavy atom. The number of aromatic carboxylic acids is 1. The maximum absolute atomic E-state index is 11.2. The van der Waals surface area contributed by atoms with Gasteiger partial charge in [0, 0.05) is 17.7 Å². The van der Waals surface area contributed by atoms with E-state index >= 15 is 0 Å². The van der Waals surface area contributed by atoms with Gasteiger partial charge in [0.1, 0.15) is 5.82 Å². The van der Waals surface area contributed by atoms with E-state index < -0.39 is 5.97 Å². The predicted octanol–water partition coefficient (Wildman–Crippen LogP) is 2.22. The van der Waals surface area contributed by atoms with Crippen molar-refractivity contribution in [3.63, 3.8) is 0 Å². The maximum atomic E-state index is 11.2. The van der Waals surface area contributed by atoms with E-state index in [1.54, 1.807) is 6.20 Å². The van der Waals surface area contributed by atoms with Crippen LogP contribution in [0.15, 0.2) is 6.20 Å². The van der Waals surface area contributed by atoms with Crippen LogP contribution in [0, 0.1) is 0 Å². The summed E-state index contributed by atoms with van der Waals surface area (Å²) in [6.07, 6.45) is 2.64. The lowest BCUT2D eigenvalue weighted by molar-refractivity contribution is 0.0691. The molecule has 0 radical (unpaired) electrons. The van der Waals surface area contributed by atoms with Crippen molar-refractivity contribution in [1.82, 2.24) is 9.97 Å². The molecule has 1 aromatic heterocycles. The molecule has 0 aromatic carbocycles. The van der Waals surface area contributed by atoms with Crippen LogP contribution in [-0.2, 0) is 0 Å². The fourth-order valence-electron chi connectivity index (χ4n) is 1.81. The van der Waals surface area contributed by atoms with Crippen LogP contribution in [0.4, 0.5) is 5.69 Å². The van der Waals surface area contributed by atoms with Gasteiger partial charge in [-0.3, -0.25) is 0 Å². The van der Waals surface area contributed by atoms with Crippen molar-refractivity contribution in [2.45, 2.75) is 32.2 Å². The second-order valence-corrected chi connectivity index (χ2v) is 5.81. The molecule has 98 valence electrons. The van der Waals surface area contributed by atoms with Gasteiger partial charge < -0.3 is 10.4 Å². The number of nitrogens with one attached hydrogen (secondary N) is 1. The van der Waals surface area contributed by atoms with Gasteiger partial charge in [-0.2, -0.15) is 11.8 Å². The minimum Gasteiger partial charge on any atom is -0.476 e. The average Bonchev–Trinajstić information content (AvgIpc) is 2.81. The second kappa shape index (κ2) is 5.56. The molecule has 1 aliphatic heterocycles. The molecule has 2 rings (SSSR count). The molecule has 1 atom stereocenters. The SMILES string of the molecule is CC(C)c1ncc(NC2CCSC2)c(C(=O)O)n1. The van der Waals surface area contributed by atoms with E-state index in [1.165, 1.54) is 0 Å². The first-order valence-electron chi connectivity index (χ1n) is 6.02. The minimum atomic E-state index is -1.01. The summed E-state index contributed by atoms with van der Waals surface area (Å²) in [6.45, 7) is 3.89. The third-order valence-corrected chi connectivity index (χ3v) is 3.98. The lowest BCUT2D eigenvalue weighted by Gasteiger charge is -2.15. The van der Waals surface area contributed by atoms with E-state index in [9.17, 15) is 9.90 Å². The smallest absolute Gasteiger partial charge is 0.356 e. The fraction of sp³-hybridized carbons (Fsp3) is 0.583. The van der Waals surface area contributed by atoms with E-state index in [4.69, 9.17) is 0 Å². The summed E-state index contributed by atoms with van der Waals surface area (Å²) in [5.41, 5.74) is 0.602. The van der Waals surface area contributed by atoms with Gasteiger partial charge in [0.05, 0.1) is 11.9 Å². The molecular formula is C12H17N3O2S. The highest BCUT2D eigenvalue weighted by molar-refractivity contribution is 7.99. The van der Waals surface area contributed by atoms with Crippen molar-refractivity contribution in [2.24, 2.45) is 0 Å². The molecule has 1 unspecified atom stereocenters. The van der Waals surface area contributed by atoms with Gasteiger partial charge >= 0.3 is 5.97 Å². The summed E-state index contributed by atoms with van der Waals surface area (Å²) in [6, 6.07) is 0.321.